The highest BCUT2D eigenvalue weighted by molar-refractivity contribution is 5.92. The number of aromatic carboxylic acids is 1. The molecule has 1 rings (SSSR count). The number of hydrogen-bond acceptors (Lipinski definition) is 4. The fraction of sp³-hybridized carbons (Fsp3) is 0.692. The monoisotopic (exact) mass is 434 g/mol. The van der Waals surface area contributed by atoms with Crippen LogP contribution in [0.15, 0.2) is 18.2 Å². The number of carboxylic acid groups (broad SMARTS) is 1. The summed E-state index contributed by atoms with van der Waals surface area (Å²) in [6, 6.07) is 4.92. The average molecular weight is 435 g/mol. The number of aromatic hydroxyl groups is 1. The fourth-order valence-electron chi connectivity index (χ4n) is 4.09. The Morgan fingerprint density at radius 2 is 1.42 bits per heavy atom. The first-order valence-corrected chi connectivity index (χ1v) is 12.2. The molecule has 1 aromatic rings. The highest BCUT2D eigenvalue weighted by Gasteiger charge is 2.14. The summed E-state index contributed by atoms with van der Waals surface area (Å²) >= 11 is 0. The SMILES string of the molecule is CCCCCC(CCCCCCCCCCCc1cccc(O)c1C(=O)O)OC(C)=O. The van der Waals surface area contributed by atoms with E-state index in [1.54, 1.807) is 12.1 Å². The van der Waals surface area contributed by atoms with Crippen LogP contribution in [0.25, 0.3) is 0 Å². The van der Waals surface area contributed by atoms with Crippen molar-refractivity contribution >= 4 is 11.9 Å². The molecular formula is C26H42O5. The van der Waals surface area contributed by atoms with E-state index in [1.165, 1.54) is 57.9 Å². The molecule has 2 N–H and O–H groups in total. The number of ether oxygens (including phenoxy) is 1. The fourth-order valence-corrected chi connectivity index (χ4v) is 4.09. The Balaban J connectivity index is 2.06. The Morgan fingerprint density at radius 3 is 1.97 bits per heavy atom. The van der Waals surface area contributed by atoms with Gasteiger partial charge in [-0.3, -0.25) is 4.79 Å². The summed E-state index contributed by atoms with van der Waals surface area (Å²) in [6.45, 7) is 3.69. The second-order valence-corrected chi connectivity index (χ2v) is 8.56. The van der Waals surface area contributed by atoms with Gasteiger partial charge >= 0.3 is 11.9 Å². The molecule has 176 valence electrons. The van der Waals surface area contributed by atoms with Gasteiger partial charge in [0.15, 0.2) is 0 Å². The topological polar surface area (TPSA) is 83.8 Å². The summed E-state index contributed by atoms with van der Waals surface area (Å²) in [5.74, 6) is -1.37. The van der Waals surface area contributed by atoms with Gasteiger partial charge in [0, 0.05) is 6.92 Å². The van der Waals surface area contributed by atoms with Crippen LogP contribution in [0.5, 0.6) is 5.75 Å². The molecular weight excluding hydrogens is 392 g/mol. The maximum Gasteiger partial charge on any atom is 0.339 e. The smallest absolute Gasteiger partial charge is 0.339 e. The van der Waals surface area contributed by atoms with E-state index in [4.69, 9.17) is 4.74 Å². The molecule has 5 nitrogen and oxygen atoms in total. The molecule has 0 aliphatic heterocycles. The molecule has 0 saturated heterocycles. The number of carbonyl (C=O) groups is 2. The Kier molecular flexibility index (Phi) is 14.5. The maximum atomic E-state index is 11.3. The van der Waals surface area contributed by atoms with E-state index in [2.05, 4.69) is 6.92 Å². The van der Waals surface area contributed by atoms with Crippen LogP contribution in [-0.2, 0) is 16.0 Å². The van der Waals surface area contributed by atoms with Gasteiger partial charge in [-0.15, -0.1) is 0 Å². The van der Waals surface area contributed by atoms with Crippen molar-refractivity contribution in [2.45, 2.75) is 116 Å². The lowest BCUT2D eigenvalue weighted by Crippen LogP contribution is -2.16. The minimum atomic E-state index is -1.06. The summed E-state index contributed by atoms with van der Waals surface area (Å²) in [4.78, 5) is 22.5. The molecule has 0 spiro atoms. The van der Waals surface area contributed by atoms with Crippen LogP contribution in [0.1, 0.15) is 120 Å². The normalized spacial score (nSPS) is 11.9. The lowest BCUT2D eigenvalue weighted by Gasteiger charge is -2.16. The van der Waals surface area contributed by atoms with Gasteiger partial charge in [0.25, 0.3) is 0 Å². The third-order valence-electron chi connectivity index (χ3n) is 5.78. The molecule has 1 atom stereocenters. The Bertz CT molecular complexity index is 641. The minimum Gasteiger partial charge on any atom is -0.507 e. The highest BCUT2D eigenvalue weighted by atomic mass is 16.5. The van der Waals surface area contributed by atoms with E-state index in [-0.39, 0.29) is 23.4 Å². The van der Waals surface area contributed by atoms with E-state index in [1.807, 2.05) is 0 Å². The third kappa shape index (κ3) is 12.4. The maximum absolute atomic E-state index is 11.3. The molecule has 0 fully saturated rings. The number of phenols is 1. The summed E-state index contributed by atoms with van der Waals surface area (Å²) in [5.41, 5.74) is 0.762. The van der Waals surface area contributed by atoms with Gasteiger partial charge in [0.1, 0.15) is 17.4 Å². The van der Waals surface area contributed by atoms with Crippen molar-refractivity contribution in [1.29, 1.82) is 0 Å². The van der Waals surface area contributed by atoms with Gasteiger partial charge in [-0.25, -0.2) is 4.79 Å². The van der Waals surface area contributed by atoms with Crippen molar-refractivity contribution < 1.29 is 24.5 Å². The second kappa shape index (κ2) is 16.6. The third-order valence-corrected chi connectivity index (χ3v) is 5.78. The molecule has 0 aliphatic rings. The number of esters is 1. The van der Waals surface area contributed by atoms with Gasteiger partial charge < -0.3 is 14.9 Å². The van der Waals surface area contributed by atoms with Crippen LogP contribution in [0, 0.1) is 0 Å². The lowest BCUT2D eigenvalue weighted by atomic mass is 9.99. The number of unbranched alkanes of at least 4 members (excludes halogenated alkanes) is 10. The van der Waals surface area contributed by atoms with Crippen molar-refractivity contribution in [2.24, 2.45) is 0 Å². The van der Waals surface area contributed by atoms with Crippen molar-refractivity contribution in [3.8, 4) is 5.75 Å². The minimum absolute atomic E-state index is 0.0452. The molecule has 31 heavy (non-hydrogen) atoms. The molecule has 0 bridgehead atoms. The Morgan fingerprint density at radius 1 is 0.871 bits per heavy atom. The van der Waals surface area contributed by atoms with E-state index in [0.29, 0.717) is 12.0 Å². The number of rotatable bonds is 18. The summed E-state index contributed by atoms with van der Waals surface area (Å²) in [5, 5.41) is 19.0. The van der Waals surface area contributed by atoms with Crippen LogP contribution in [-0.4, -0.2) is 28.3 Å². The van der Waals surface area contributed by atoms with Gasteiger partial charge in [0.2, 0.25) is 0 Å². The Labute approximate surface area is 188 Å². The number of carboxylic acids is 1. The number of hydrogen-bond donors (Lipinski definition) is 2. The zero-order valence-electron chi connectivity index (χ0n) is 19.5. The standard InChI is InChI=1S/C26H42O5/c1-3-4-12-18-23(31-21(2)27)19-14-11-9-7-5-6-8-10-13-16-22-17-15-20-24(28)25(22)26(29)30/h15,17,20,23,28H,3-14,16,18-19H2,1-2H3,(H,29,30). The molecule has 1 aromatic carbocycles. The zero-order chi connectivity index (χ0) is 22.9. The zero-order valence-corrected chi connectivity index (χ0v) is 19.5. The average Bonchev–Trinajstić information content (AvgIpc) is 2.71. The summed E-state index contributed by atoms with van der Waals surface area (Å²) in [6.07, 6.45) is 16.7. The van der Waals surface area contributed by atoms with E-state index in [9.17, 15) is 19.8 Å². The second-order valence-electron chi connectivity index (χ2n) is 8.56. The molecule has 0 saturated carbocycles. The predicted molar refractivity (Wildman–Crippen MR) is 125 cm³/mol. The number of benzene rings is 1. The van der Waals surface area contributed by atoms with E-state index in [0.717, 1.165) is 44.9 Å². The number of aryl methyl sites for hydroxylation is 1. The van der Waals surface area contributed by atoms with Crippen molar-refractivity contribution in [2.75, 3.05) is 0 Å². The quantitative estimate of drug-likeness (QED) is 0.191. The van der Waals surface area contributed by atoms with Crippen LogP contribution >= 0.6 is 0 Å². The molecule has 0 radical (unpaired) electrons. The highest BCUT2D eigenvalue weighted by Crippen LogP contribution is 2.23. The molecule has 1 unspecified atom stereocenters. The van der Waals surface area contributed by atoms with Crippen LogP contribution in [0.2, 0.25) is 0 Å². The first-order chi connectivity index (χ1) is 15.0. The number of carbonyl (C=O) groups excluding carboxylic acids is 1. The van der Waals surface area contributed by atoms with Gasteiger partial charge in [-0.1, -0.05) is 76.8 Å². The van der Waals surface area contributed by atoms with Crippen molar-refractivity contribution in [3.63, 3.8) is 0 Å². The first kappa shape index (κ1) is 27.0. The molecule has 0 heterocycles. The van der Waals surface area contributed by atoms with Crippen molar-refractivity contribution in [3.05, 3.63) is 29.3 Å². The predicted octanol–water partition coefficient (Wildman–Crippen LogP) is 7.05. The van der Waals surface area contributed by atoms with Gasteiger partial charge in [-0.05, 0) is 50.2 Å². The van der Waals surface area contributed by atoms with Crippen LogP contribution in [0.3, 0.4) is 0 Å². The van der Waals surface area contributed by atoms with E-state index >= 15 is 0 Å². The van der Waals surface area contributed by atoms with E-state index < -0.39 is 5.97 Å². The van der Waals surface area contributed by atoms with Crippen molar-refractivity contribution in [1.82, 2.24) is 0 Å². The molecule has 0 amide bonds. The van der Waals surface area contributed by atoms with Gasteiger partial charge in [0.05, 0.1) is 0 Å². The lowest BCUT2D eigenvalue weighted by molar-refractivity contribution is -0.147. The summed E-state index contributed by atoms with van der Waals surface area (Å²) < 4.78 is 5.45. The largest absolute Gasteiger partial charge is 0.507 e. The Hall–Kier alpha value is -2.04. The van der Waals surface area contributed by atoms with Gasteiger partial charge in [-0.2, -0.15) is 0 Å². The molecule has 0 aliphatic carbocycles. The molecule has 5 heteroatoms. The first-order valence-electron chi connectivity index (χ1n) is 12.2. The van der Waals surface area contributed by atoms with Crippen LogP contribution in [0.4, 0.5) is 0 Å². The molecule has 0 aromatic heterocycles. The summed E-state index contributed by atoms with van der Waals surface area (Å²) in [7, 11) is 0. The van der Waals surface area contributed by atoms with Crippen LogP contribution < -0.4 is 0 Å².